The van der Waals surface area contributed by atoms with E-state index in [2.05, 4.69) is 52.3 Å². The summed E-state index contributed by atoms with van der Waals surface area (Å²) in [4.78, 5) is 7.14. The van der Waals surface area contributed by atoms with E-state index in [1.807, 2.05) is 24.4 Å². The summed E-state index contributed by atoms with van der Waals surface area (Å²) in [6, 6.07) is 21.9. The molecule has 0 spiro atoms. The average molecular weight is 358 g/mol. The molecule has 3 heteroatoms. The Morgan fingerprint density at radius 3 is 2.48 bits per heavy atom. The lowest BCUT2D eigenvalue weighted by molar-refractivity contribution is -0.0991. The second kappa shape index (κ2) is 6.74. The van der Waals surface area contributed by atoms with Crippen LogP contribution in [0.5, 0.6) is 0 Å². The molecule has 0 amide bonds. The van der Waals surface area contributed by atoms with Crippen LogP contribution in [0.25, 0.3) is 10.9 Å². The van der Waals surface area contributed by atoms with E-state index in [0.29, 0.717) is 12.1 Å². The van der Waals surface area contributed by atoms with E-state index in [0.717, 1.165) is 35.9 Å². The smallest absolute Gasteiger partial charge is 0.0932 e. The molecule has 3 heterocycles. The molecule has 27 heavy (non-hydrogen) atoms. The van der Waals surface area contributed by atoms with Crippen molar-refractivity contribution in [1.29, 1.82) is 0 Å². The molecule has 2 saturated heterocycles. The van der Waals surface area contributed by atoms with Crippen molar-refractivity contribution in [3.63, 3.8) is 0 Å². The van der Waals surface area contributed by atoms with Crippen LogP contribution in [-0.2, 0) is 12.1 Å². The largest absolute Gasteiger partial charge is 0.385 e. The normalized spacial score (nSPS) is 28.3. The molecular weight excluding hydrogens is 332 g/mol. The number of aromatic nitrogens is 1. The summed E-state index contributed by atoms with van der Waals surface area (Å²) in [5.41, 5.74) is 2.64. The number of nitrogens with zero attached hydrogens (tertiary/aromatic N) is 2. The lowest BCUT2D eigenvalue weighted by Crippen LogP contribution is -2.56. The third kappa shape index (κ3) is 3.05. The van der Waals surface area contributed by atoms with Gasteiger partial charge in [-0.2, -0.15) is 0 Å². The van der Waals surface area contributed by atoms with Gasteiger partial charge in [-0.15, -0.1) is 0 Å². The Morgan fingerprint density at radius 2 is 1.70 bits per heavy atom. The standard InChI is InChI=1S/C24H26N2O/c27-24(22-12-5-13-23-21(22)11-6-14-25-23)15-19-9-4-10-20(16-24)26(19)17-18-7-2-1-3-8-18/h1-3,5-8,11-14,19-20,27H,4,9-10,15-17H2. The predicted octanol–water partition coefficient (Wildman–Crippen LogP) is 4.64. The van der Waals surface area contributed by atoms with Gasteiger partial charge in [0, 0.05) is 30.2 Å². The molecule has 2 bridgehead atoms. The topological polar surface area (TPSA) is 36.4 Å². The van der Waals surface area contributed by atoms with Gasteiger partial charge in [0.25, 0.3) is 0 Å². The van der Waals surface area contributed by atoms with Crippen LogP contribution in [0.4, 0.5) is 0 Å². The highest BCUT2D eigenvalue weighted by Crippen LogP contribution is 2.46. The number of pyridine rings is 1. The van der Waals surface area contributed by atoms with Crippen LogP contribution < -0.4 is 0 Å². The van der Waals surface area contributed by atoms with Crippen LogP contribution in [-0.4, -0.2) is 27.1 Å². The highest BCUT2D eigenvalue weighted by molar-refractivity contribution is 5.82. The van der Waals surface area contributed by atoms with Crippen LogP contribution in [0.3, 0.4) is 0 Å². The Labute approximate surface area is 160 Å². The third-order valence-corrected chi connectivity index (χ3v) is 6.51. The summed E-state index contributed by atoms with van der Waals surface area (Å²) in [7, 11) is 0. The maximum atomic E-state index is 11.8. The number of piperidine rings is 2. The van der Waals surface area contributed by atoms with E-state index < -0.39 is 5.60 Å². The van der Waals surface area contributed by atoms with E-state index in [1.165, 1.54) is 24.8 Å². The molecule has 1 aromatic heterocycles. The summed E-state index contributed by atoms with van der Waals surface area (Å²) in [5, 5.41) is 12.9. The minimum absolute atomic E-state index is 0.439. The Kier molecular flexibility index (Phi) is 4.22. The van der Waals surface area contributed by atoms with Crippen LogP contribution >= 0.6 is 0 Å². The first kappa shape index (κ1) is 16.9. The maximum Gasteiger partial charge on any atom is 0.0932 e. The van der Waals surface area contributed by atoms with Crippen molar-refractivity contribution in [3.05, 3.63) is 78.0 Å². The summed E-state index contributed by atoms with van der Waals surface area (Å²) >= 11 is 0. The minimum atomic E-state index is -0.758. The molecule has 3 nitrogen and oxygen atoms in total. The fraction of sp³-hybridized carbons (Fsp3) is 0.375. The van der Waals surface area contributed by atoms with Gasteiger partial charge in [-0.1, -0.05) is 55.0 Å². The molecule has 2 atom stereocenters. The lowest BCUT2D eigenvalue weighted by Gasteiger charge is -2.52. The number of rotatable bonds is 3. The number of hydrogen-bond donors (Lipinski definition) is 1. The van der Waals surface area contributed by atoms with E-state index in [1.54, 1.807) is 0 Å². The van der Waals surface area contributed by atoms with Crippen LogP contribution in [0.2, 0.25) is 0 Å². The zero-order valence-electron chi connectivity index (χ0n) is 15.6. The van der Waals surface area contributed by atoms with E-state index in [9.17, 15) is 5.11 Å². The summed E-state index contributed by atoms with van der Waals surface area (Å²) in [6.07, 6.45) is 7.07. The Bertz CT molecular complexity index is 920. The van der Waals surface area contributed by atoms with Crippen molar-refractivity contribution in [2.45, 2.75) is 56.3 Å². The first-order valence-corrected chi connectivity index (χ1v) is 10.1. The fourth-order valence-electron chi connectivity index (χ4n) is 5.30. The lowest BCUT2D eigenvalue weighted by atomic mass is 9.71. The highest BCUT2D eigenvalue weighted by Gasteiger charge is 2.46. The SMILES string of the molecule is OC1(c2cccc3ncccc23)CC2CCCC(C1)N2Cc1ccccc1. The van der Waals surface area contributed by atoms with Gasteiger partial charge < -0.3 is 5.11 Å². The van der Waals surface area contributed by atoms with Gasteiger partial charge in [0.2, 0.25) is 0 Å². The molecule has 2 aliphatic rings. The predicted molar refractivity (Wildman–Crippen MR) is 108 cm³/mol. The van der Waals surface area contributed by atoms with Crippen LogP contribution in [0.15, 0.2) is 66.9 Å². The monoisotopic (exact) mass is 358 g/mol. The maximum absolute atomic E-state index is 11.8. The van der Waals surface area contributed by atoms with Gasteiger partial charge in [0.15, 0.2) is 0 Å². The van der Waals surface area contributed by atoms with Crippen molar-refractivity contribution in [2.75, 3.05) is 0 Å². The van der Waals surface area contributed by atoms with Crippen molar-refractivity contribution in [1.82, 2.24) is 9.88 Å². The molecule has 1 N–H and O–H groups in total. The number of fused-ring (bicyclic) bond motifs is 3. The Hall–Kier alpha value is -2.23. The summed E-state index contributed by atoms with van der Waals surface area (Å²) in [5.74, 6) is 0. The number of benzene rings is 2. The quantitative estimate of drug-likeness (QED) is 0.741. The molecule has 138 valence electrons. The van der Waals surface area contributed by atoms with Gasteiger partial charge in [-0.3, -0.25) is 9.88 Å². The highest BCUT2D eigenvalue weighted by atomic mass is 16.3. The molecule has 2 aliphatic heterocycles. The summed E-state index contributed by atoms with van der Waals surface area (Å²) in [6.45, 7) is 0.989. The van der Waals surface area contributed by atoms with Crippen molar-refractivity contribution in [2.24, 2.45) is 0 Å². The molecule has 2 unspecified atom stereocenters. The van der Waals surface area contributed by atoms with E-state index >= 15 is 0 Å². The zero-order chi connectivity index (χ0) is 18.3. The van der Waals surface area contributed by atoms with Crippen molar-refractivity contribution >= 4 is 10.9 Å². The molecular formula is C24H26N2O. The molecule has 0 aliphatic carbocycles. The van der Waals surface area contributed by atoms with Gasteiger partial charge in [0.1, 0.15) is 0 Å². The minimum Gasteiger partial charge on any atom is -0.385 e. The summed E-state index contributed by atoms with van der Waals surface area (Å²) < 4.78 is 0. The molecule has 3 aromatic rings. The Balaban J connectivity index is 1.48. The molecule has 0 saturated carbocycles. The molecule has 2 aromatic carbocycles. The molecule has 5 rings (SSSR count). The second-order valence-corrected chi connectivity index (χ2v) is 8.21. The van der Waals surface area contributed by atoms with Crippen molar-refractivity contribution in [3.8, 4) is 0 Å². The molecule has 2 fully saturated rings. The third-order valence-electron chi connectivity index (χ3n) is 6.51. The van der Waals surface area contributed by atoms with Crippen molar-refractivity contribution < 1.29 is 5.11 Å². The second-order valence-electron chi connectivity index (χ2n) is 8.21. The van der Waals surface area contributed by atoms with Gasteiger partial charge in [-0.05, 0) is 48.9 Å². The first-order valence-electron chi connectivity index (χ1n) is 10.1. The fourth-order valence-corrected chi connectivity index (χ4v) is 5.30. The van der Waals surface area contributed by atoms with E-state index in [4.69, 9.17) is 0 Å². The van der Waals surface area contributed by atoms with E-state index in [-0.39, 0.29) is 0 Å². The van der Waals surface area contributed by atoms with Gasteiger partial charge >= 0.3 is 0 Å². The van der Waals surface area contributed by atoms with Crippen LogP contribution in [0, 0.1) is 0 Å². The Morgan fingerprint density at radius 1 is 0.926 bits per heavy atom. The zero-order valence-corrected chi connectivity index (χ0v) is 15.6. The first-order chi connectivity index (χ1) is 13.2. The van der Waals surface area contributed by atoms with Gasteiger partial charge in [0.05, 0.1) is 11.1 Å². The number of hydrogen-bond acceptors (Lipinski definition) is 3. The van der Waals surface area contributed by atoms with Gasteiger partial charge in [-0.25, -0.2) is 0 Å². The number of aliphatic hydroxyl groups is 1. The van der Waals surface area contributed by atoms with Crippen LogP contribution in [0.1, 0.15) is 43.2 Å². The molecule has 0 radical (unpaired) electrons. The average Bonchev–Trinajstić information content (AvgIpc) is 2.69.